The van der Waals surface area contributed by atoms with Gasteiger partial charge in [-0.15, -0.1) is 0 Å². The monoisotopic (exact) mass is 414 g/mol. The van der Waals surface area contributed by atoms with Crippen LogP contribution in [0.5, 0.6) is 5.75 Å². The number of hydrogen-bond acceptors (Lipinski definition) is 4. The number of rotatable bonds is 5. The van der Waals surface area contributed by atoms with Gasteiger partial charge >= 0.3 is 0 Å². The molecule has 4 nitrogen and oxygen atoms in total. The Kier molecular flexibility index (Phi) is 5.15. The Morgan fingerprint density at radius 2 is 1.79 bits per heavy atom. The topological polar surface area (TPSA) is 52.6 Å². The molecule has 144 valence electrons. The van der Waals surface area contributed by atoms with Crippen molar-refractivity contribution in [1.82, 2.24) is 0 Å². The van der Waals surface area contributed by atoms with Gasteiger partial charge in [0.1, 0.15) is 18.5 Å². The minimum absolute atomic E-state index is 0.0588. The van der Waals surface area contributed by atoms with Crippen LogP contribution in [0.25, 0.3) is 11.1 Å². The van der Waals surface area contributed by atoms with Crippen molar-refractivity contribution in [3.05, 3.63) is 82.9 Å². The van der Waals surface area contributed by atoms with Gasteiger partial charge < -0.3 is 4.74 Å². The fourth-order valence-corrected chi connectivity index (χ4v) is 4.44. The highest BCUT2D eigenvalue weighted by molar-refractivity contribution is 7.86. The van der Waals surface area contributed by atoms with Crippen LogP contribution in [0.3, 0.4) is 0 Å². The molecule has 0 aromatic heterocycles. The Balaban J connectivity index is 1.52. The largest absolute Gasteiger partial charge is 0.487 e. The first-order chi connectivity index (χ1) is 13.4. The van der Waals surface area contributed by atoms with Crippen molar-refractivity contribution >= 4 is 21.7 Å². The summed E-state index contributed by atoms with van der Waals surface area (Å²) in [5.74, 6) is 0.733. The van der Waals surface area contributed by atoms with Crippen LogP contribution in [-0.4, -0.2) is 21.1 Å². The normalized spacial score (nSPS) is 15.9. The van der Waals surface area contributed by atoms with E-state index in [0.717, 1.165) is 28.0 Å². The fourth-order valence-electron chi connectivity index (χ4n) is 3.26. The van der Waals surface area contributed by atoms with Gasteiger partial charge in [-0.2, -0.15) is 8.42 Å². The molecular weight excluding hydrogens is 396 g/mol. The Hall–Kier alpha value is -2.34. The molecule has 0 fully saturated rings. The Labute approximate surface area is 169 Å². The van der Waals surface area contributed by atoms with Gasteiger partial charge in [0.05, 0.1) is 4.90 Å². The third kappa shape index (κ3) is 3.92. The summed E-state index contributed by atoms with van der Waals surface area (Å²) in [6.45, 7) is 1.84. The number of aryl methyl sites for hydroxylation is 1. The summed E-state index contributed by atoms with van der Waals surface area (Å²) >= 11 is 6.29. The molecule has 0 spiro atoms. The molecule has 0 saturated carbocycles. The van der Waals surface area contributed by atoms with Crippen LogP contribution in [0.15, 0.2) is 71.6 Å². The van der Waals surface area contributed by atoms with Crippen molar-refractivity contribution in [2.75, 3.05) is 6.61 Å². The summed E-state index contributed by atoms with van der Waals surface area (Å²) < 4.78 is 36.1. The average molecular weight is 415 g/mol. The molecule has 28 heavy (non-hydrogen) atoms. The van der Waals surface area contributed by atoms with Crippen molar-refractivity contribution in [3.63, 3.8) is 0 Å². The molecule has 1 aliphatic heterocycles. The Bertz CT molecular complexity index is 1090. The van der Waals surface area contributed by atoms with Crippen molar-refractivity contribution in [1.29, 1.82) is 0 Å². The third-order valence-corrected chi connectivity index (χ3v) is 6.18. The summed E-state index contributed by atoms with van der Waals surface area (Å²) in [7, 11) is -3.83. The van der Waals surface area contributed by atoms with Gasteiger partial charge in [-0.05, 0) is 36.8 Å². The molecule has 1 atom stereocenters. The molecule has 0 bridgehead atoms. The predicted molar refractivity (Wildman–Crippen MR) is 109 cm³/mol. The van der Waals surface area contributed by atoms with E-state index in [1.807, 2.05) is 49.4 Å². The van der Waals surface area contributed by atoms with Gasteiger partial charge in [-0.1, -0.05) is 59.6 Å². The van der Waals surface area contributed by atoms with Crippen molar-refractivity contribution in [2.45, 2.75) is 24.3 Å². The zero-order chi connectivity index (χ0) is 19.7. The highest BCUT2D eigenvalue weighted by atomic mass is 35.5. The van der Waals surface area contributed by atoms with E-state index >= 15 is 0 Å². The van der Waals surface area contributed by atoms with Gasteiger partial charge in [0, 0.05) is 22.6 Å². The van der Waals surface area contributed by atoms with Gasteiger partial charge in [0.25, 0.3) is 10.1 Å². The van der Waals surface area contributed by atoms with Gasteiger partial charge in [0.2, 0.25) is 0 Å². The lowest BCUT2D eigenvalue weighted by molar-refractivity contribution is 0.152. The molecule has 1 aliphatic rings. The minimum atomic E-state index is -3.83. The van der Waals surface area contributed by atoms with E-state index in [0.29, 0.717) is 11.4 Å². The summed E-state index contributed by atoms with van der Waals surface area (Å²) in [6, 6.07) is 20.1. The number of halogens is 1. The van der Waals surface area contributed by atoms with Gasteiger partial charge in [0.15, 0.2) is 0 Å². The molecular formula is C22H19ClO4S. The first-order valence-corrected chi connectivity index (χ1v) is 10.7. The Morgan fingerprint density at radius 3 is 2.50 bits per heavy atom. The van der Waals surface area contributed by atoms with Crippen LogP contribution in [0.2, 0.25) is 5.02 Å². The smallest absolute Gasteiger partial charge is 0.297 e. The summed E-state index contributed by atoms with van der Waals surface area (Å²) in [5.41, 5.74) is 3.83. The molecule has 0 N–H and O–H groups in total. The van der Waals surface area contributed by atoms with Gasteiger partial charge in [-0.3, -0.25) is 4.18 Å². The maximum absolute atomic E-state index is 12.4. The fraction of sp³-hybridized carbons (Fsp3) is 0.182. The van der Waals surface area contributed by atoms with Crippen LogP contribution < -0.4 is 4.74 Å². The van der Waals surface area contributed by atoms with Crippen LogP contribution in [-0.2, 0) is 20.7 Å². The van der Waals surface area contributed by atoms with E-state index in [-0.39, 0.29) is 11.5 Å². The minimum Gasteiger partial charge on any atom is -0.487 e. The Morgan fingerprint density at radius 1 is 1.07 bits per heavy atom. The highest BCUT2D eigenvalue weighted by Gasteiger charge is 2.29. The highest BCUT2D eigenvalue weighted by Crippen LogP contribution is 2.41. The second kappa shape index (κ2) is 7.59. The van der Waals surface area contributed by atoms with E-state index in [9.17, 15) is 8.42 Å². The van der Waals surface area contributed by atoms with E-state index in [2.05, 4.69) is 0 Å². The molecule has 1 heterocycles. The maximum Gasteiger partial charge on any atom is 0.297 e. The van der Waals surface area contributed by atoms with Crippen molar-refractivity contribution in [2.24, 2.45) is 0 Å². The molecule has 4 rings (SSSR count). The molecule has 3 aromatic rings. The van der Waals surface area contributed by atoms with Crippen LogP contribution in [0, 0.1) is 6.92 Å². The standard InChI is InChI=1S/C22H19ClO4S/c1-15-7-9-20(10-8-15)28(24,25)26-14-19-12-17-11-18(23)13-21(22(17)27-19)16-5-3-2-4-6-16/h2-11,13,19H,12,14H2,1H3. The number of ether oxygens (including phenoxy) is 1. The first kappa shape index (κ1) is 19.0. The second-order valence-corrected chi connectivity index (χ2v) is 8.86. The molecule has 0 radical (unpaired) electrons. The summed E-state index contributed by atoms with van der Waals surface area (Å²) in [6.07, 6.45) is 0.148. The van der Waals surface area contributed by atoms with Crippen molar-refractivity contribution < 1.29 is 17.3 Å². The molecule has 1 unspecified atom stereocenters. The number of fused-ring (bicyclic) bond motifs is 1. The number of hydrogen-bond donors (Lipinski definition) is 0. The van der Waals surface area contributed by atoms with E-state index in [1.54, 1.807) is 24.3 Å². The average Bonchev–Trinajstić information content (AvgIpc) is 3.10. The zero-order valence-corrected chi connectivity index (χ0v) is 16.8. The lowest BCUT2D eigenvalue weighted by Crippen LogP contribution is -2.23. The first-order valence-electron chi connectivity index (χ1n) is 8.93. The van der Waals surface area contributed by atoms with Gasteiger partial charge in [-0.25, -0.2) is 0 Å². The van der Waals surface area contributed by atoms with Crippen LogP contribution >= 0.6 is 11.6 Å². The SMILES string of the molecule is Cc1ccc(S(=O)(=O)OCC2Cc3cc(Cl)cc(-c4ccccc4)c3O2)cc1. The maximum atomic E-state index is 12.4. The second-order valence-electron chi connectivity index (χ2n) is 6.80. The van der Waals surface area contributed by atoms with E-state index in [4.69, 9.17) is 20.5 Å². The van der Waals surface area contributed by atoms with Crippen LogP contribution in [0.4, 0.5) is 0 Å². The zero-order valence-electron chi connectivity index (χ0n) is 15.3. The predicted octanol–water partition coefficient (Wildman–Crippen LogP) is 5.02. The molecule has 0 amide bonds. The lowest BCUT2D eigenvalue weighted by Gasteiger charge is -2.13. The summed E-state index contributed by atoms with van der Waals surface area (Å²) in [5, 5.41) is 0.620. The quantitative estimate of drug-likeness (QED) is 0.550. The third-order valence-electron chi connectivity index (χ3n) is 4.67. The van der Waals surface area contributed by atoms with Crippen LogP contribution in [0.1, 0.15) is 11.1 Å². The van der Waals surface area contributed by atoms with Crippen molar-refractivity contribution in [3.8, 4) is 16.9 Å². The molecule has 0 aliphatic carbocycles. The van der Waals surface area contributed by atoms with E-state index in [1.165, 1.54) is 0 Å². The number of benzene rings is 3. The molecule has 3 aromatic carbocycles. The van der Waals surface area contributed by atoms with E-state index < -0.39 is 16.2 Å². The lowest BCUT2D eigenvalue weighted by atomic mass is 10.0. The summed E-state index contributed by atoms with van der Waals surface area (Å²) in [4.78, 5) is 0.140. The molecule has 0 saturated heterocycles. The molecule has 6 heteroatoms.